The molecule has 0 saturated heterocycles. The van der Waals surface area contributed by atoms with Crippen LogP contribution in [-0.2, 0) is 20.4 Å². The lowest BCUT2D eigenvalue weighted by Crippen LogP contribution is -2.45. The van der Waals surface area contributed by atoms with Crippen molar-refractivity contribution in [3.05, 3.63) is 35.4 Å². The molecule has 0 unspecified atom stereocenters. The van der Waals surface area contributed by atoms with E-state index in [1.807, 2.05) is 13.1 Å². The van der Waals surface area contributed by atoms with Gasteiger partial charge in [-0.05, 0) is 30.3 Å². The van der Waals surface area contributed by atoms with Crippen LogP contribution in [0.25, 0.3) is 0 Å². The van der Waals surface area contributed by atoms with Gasteiger partial charge in [-0.1, -0.05) is 26.8 Å². The monoisotopic (exact) mass is 387 g/mol. The number of aliphatic carboxylic acids is 1. The van der Waals surface area contributed by atoms with Crippen LogP contribution >= 0.6 is 0 Å². The Kier molecular flexibility index (Phi) is 7.46. The molecule has 1 atom stereocenters. The number of carbonyl (C=O) groups excluding carboxylic acids is 1. The van der Waals surface area contributed by atoms with Gasteiger partial charge in [0.15, 0.2) is 8.32 Å². The maximum atomic E-state index is 13.6. The van der Waals surface area contributed by atoms with E-state index in [2.05, 4.69) is 26.1 Å². The second kappa shape index (κ2) is 8.72. The SMILES string of the molecule is CC(C)(C)[Si](C)(C)OCC[C@@H](NC(=O)Cc1c(F)cccc1F)C(=O)O. The number of rotatable bonds is 8. The first kappa shape index (κ1) is 22.2. The Bertz CT molecular complexity index is 639. The topological polar surface area (TPSA) is 75.6 Å². The summed E-state index contributed by atoms with van der Waals surface area (Å²) in [6.07, 6.45) is -0.487. The normalized spacial score (nSPS) is 13.3. The Balaban J connectivity index is 2.66. The largest absolute Gasteiger partial charge is 0.480 e. The second-order valence-corrected chi connectivity index (χ2v) is 12.5. The molecule has 0 saturated carbocycles. The third-order valence-corrected chi connectivity index (χ3v) is 9.25. The molecule has 26 heavy (non-hydrogen) atoms. The molecule has 0 aliphatic carbocycles. The van der Waals surface area contributed by atoms with E-state index in [1.165, 1.54) is 6.07 Å². The lowest BCUT2D eigenvalue weighted by molar-refractivity contribution is -0.142. The third kappa shape index (κ3) is 6.17. The minimum absolute atomic E-state index is 0.0165. The molecule has 1 aromatic carbocycles. The Labute approximate surface area is 153 Å². The number of benzene rings is 1. The van der Waals surface area contributed by atoms with E-state index in [4.69, 9.17) is 4.43 Å². The van der Waals surface area contributed by atoms with Crippen molar-refractivity contribution >= 4 is 20.2 Å². The highest BCUT2D eigenvalue weighted by Gasteiger charge is 2.37. The van der Waals surface area contributed by atoms with Crippen LogP contribution in [-0.4, -0.2) is 37.9 Å². The molecule has 0 aliphatic heterocycles. The first-order valence-corrected chi connectivity index (χ1v) is 11.3. The van der Waals surface area contributed by atoms with Crippen LogP contribution in [0.5, 0.6) is 0 Å². The summed E-state index contributed by atoms with van der Waals surface area (Å²) in [5.74, 6) is -3.65. The molecule has 1 amide bonds. The Morgan fingerprint density at radius 2 is 1.77 bits per heavy atom. The number of carbonyl (C=O) groups is 2. The zero-order chi connectivity index (χ0) is 20.1. The van der Waals surface area contributed by atoms with Crippen LogP contribution in [0, 0.1) is 11.6 Å². The maximum Gasteiger partial charge on any atom is 0.326 e. The van der Waals surface area contributed by atoms with Crippen molar-refractivity contribution in [1.29, 1.82) is 0 Å². The van der Waals surface area contributed by atoms with Crippen molar-refractivity contribution in [2.45, 2.75) is 57.8 Å². The standard InChI is InChI=1S/C18H27F2NO4Si/c1-18(2,3)26(4,5)25-10-9-15(17(23)24)21-16(22)11-12-13(19)7-6-8-14(12)20/h6-8,15H,9-11H2,1-5H3,(H,21,22)(H,23,24)/t15-/m1/s1. The van der Waals surface area contributed by atoms with Crippen molar-refractivity contribution in [1.82, 2.24) is 5.32 Å². The Morgan fingerprint density at radius 1 is 1.23 bits per heavy atom. The van der Waals surface area contributed by atoms with Gasteiger partial charge in [0.05, 0.1) is 6.42 Å². The van der Waals surface area contributed by atoms with Crippen molar-refractivity contribution in [3.63, 3.8) is 0 Å². The lowest BCUT2D eigenvalue weighted by Gasteiger charge is -2.36. The van der Waals surface area contributed by atoms with Gasteiger partial charge in [0, 0.05) is 18.6 Å². The molecule has 5 nitrogen and oxygen atoms in total. The second-order valence-electron chi connectivity index (χ2n) is 7.73. The number of nitrogens with one attached hydrogen (secondary N) is 1. The first-order chi connectivity index (χ1) is 11.8. The molecule has 1 rings (SSSR count). The third-order valence-electron chi connectivity index (χ3n) is 4.71. The van der Waals surface area contributed by atoms with Crippen LogP contribution < -0.4 is 5.32 Å². The van der Waals surface area contributed by atoms with E-state index < -0.39 is 44.3 Å². The van der Waals surface area contributed by atoms with Gasteiger partial charge in [0.25, 0.3) is 0 Å². The van der Waals surface area contributed by atoms with Gasteiger partial charge in [-0.3, -0.25) is 4.79 Å². The number of hydrogen-bond donors (Lipinski definition) is 2. The molecular formula is C18H27F2NO4Si. The fraction of sp³-hybridized carbons (Fsp3) is 0.556. The minimum Gasteiger partial charge on any atom is -0.480 e. The molecule has 0 spiro atoms. The van der Waals surface area contributed by atoms with E-state index in [0.29, 0.717) is 0 Å². The number of amides is 1. The highest BCUT2D eigenvalue weighted by Crippen LogP contribution is 2.36. The molecular weight excluding hydrogens is 360 g/mol. The molecule has 0 aromatic heterocycles. The van der Waals surface area contributed by atoms with E-state index in [0.717, 1.165) is 12.1 Å². The molecule has 146 valence electrons. The van der Waals surface area contributed by atoms with E-state index >= 15 is 0 Å². The van der Waals surface area contributed by atoms with Crippen LogP contribution in [0.4, 0.5) is 8.78 Å². The molecule has 1 aromatic rings. The lowest BCUT2D eigenvalue weighted by atomic mass is 10.1. The van der Waals surface area contributed by atoms with Crippen molar-refractivity contribution in [2.75, 3.05) is 6.61 Å². The van der Waals surface area contributed by atoms with Crippen LogP contribution in [0.2, 0.25) is 18.1 Å². The average Bonchev–Trinajstić information content (AvgIpc) is 2.48. The molecule has 8 heteroatoms. The van der Waals surface area contributed by atoms with Gasteiger partial charge >= 0.3 is 5.97 Å². The number of halogens is 2. The molecule has 0 aliphatic rings. The molecule has 0 radical (unpaired) electrons. The zero-order valence-corrected chi connectivity index (χ0v) is 16.9. The zero-order valence-electron chi connectivity index (χ0n) is 15.9. The van der Waals surface area contributed by atoms with Gasteiger partial charge < -0.3 is 14.8 Å². The fourth-order valence-corrected chi connectivity index (χ4v) is 3.07. The summed E-state index contributed by atoms with van der Waals surface area (Å²) in [6.45, 7) is 10.5. The number of carboxylic acids is 1. The smallest absolute Gasteiger partial charge is 0.326 e. The molecule has 0 bridgehead atoms. The molecule has 0 fully saturated rings. The highest BCUT2D eigenvalue weighted by molar-refractivity contribution is 6.74. The average molecular weight is 387 g/mol. The summed E-state index contributed by atoms with van der Waals surface area (Å²) in [6, 6.07) is 2.12. The fourth-order valence-electron chi connectivity index (χ4n) is 2.01. The Hall–Kier alpha value is -1.80. The van der Waals surface area contributed by atoms with Crippen molar-refractivity contribution in [3.8, 4) is 0 Å². The highest BCUT2D eigenvalue weighted by atomic mass is 28.4. The van der Waals surface area contributed by atoms with Gasteiger partial charge in [-0.25, -0.2) is 13.6 Å². The van der Waals surface area contributed by atoms with Gasteiger partial charge in [-0.15, -0.1) is 0 Å². The molecule has 2 N–H and O–H groups in total. The summed E-state index contributed by atoms with van der Waals surface area (Å²) in [5.41, 5.74) is -0.383. The van der Waals surface area contributed by atoms with Crippen molar-refractivity contribution in [2.24, 2.45) is 0 Å². The van der Waals surface area contributed by atoms with Crippen LogP contribution in [0.15, 0.2) is 18.2 Å². The predicted octanol–water partition coefficient (Wildman–Crippen LogP) is 3.49. The summed E-state index contributed by atoms with van der Waals surface area (Å²) in [5, 5.41) is 11.6. The molecule has 0 heterocycles. The van der Waals surface area contributed by atoms with E-state index in [-0.39, 0.29) is 23.6 Å². The summed E-state index contributed by atoms with van der Waals surface area (Å²) in [4.78, 5) is 23.4. The van der Waals surface area contributed by atoms with Crippen LogP contribution in [0.1, 0.15) is 32.8 Å². The van der Waals surface area contributed by atoms with Gasteiger partial charge in [0.1, 0.15) is 17.7 Å². The summed E-state index contributed by atoms with van der Waals surface area (Å²) in [7, 11) is -2.03. The number of carboxylic acid groups (broad SMARTS) is 1. The van der Waals surface area contributed by atoms with Crippen molar-refractivity contribution < 1.29 is 27.9 Å². The van der Waals surface area contributed by atoms with E-state index in [1.54, 1.807) is 0 Å². The maximum absolute atomic E-state index is 13.6. The quantitative estimate of drug-likeness (QED) is 0.670. The summed E-state index contributed by atoms with van der Waals surface area (Å²) < 4.78 is 33.1. The van der Waals surface area contributed by atoms with Gasteiger partial charge in [-0.2, -0.15) is 0 Å². The minimum atomic E-state index is -2.03. The van der Waals surface area contributed by atoms with Crippen LogP contribution in [0.3, 0.4) is 0 Å². The Morgan fingerprint density at radius 3 is 2.23 bits per heavy atom. The predicted molar refractivity (Wildman–Crippen MR) is 97.4 cm³/mol. The summed E-state index contributed by atoms with van der Waals surface area (Å²) >= 11 is 0. The van der Waals surface area contributed by atoms with Gasteiger partial charge in [0.2, 0.25) is 5.91 Å². The number of hydrogen-bond acceptors (Lipinski definition) is 3. The first-order valence-electron chi connectivity index (χ1n) is 8.44. The van der Waals surface area contributed by atoms with E-state index in [9.17, 15) is 23.5 Å².